The van der Waals surface area contributed by atoms with E-state index >= 15 is 0 Å². The van der Waals surface area contributed by atoms with Crippen LogP contribution in [0.5, 0.6) is 11.5 Å². The van der Waals surface area contributed by atoms with Crippen LogP contribution in [0, 0.1) is 10.8 Å². The van der Waals surface area contributed by atoms with E-state index < -0.39 is 0 Å². The zero-order valence-electron chi connectivity index (χ0n) is 24.4. The molecule has 10 nitrogen and oxygen atoms in total. The van der Waals surface area contributed by atoms with Gasteiger partial charge < -0.3 is 30.9 Å². The quantitative estimate of drug-likeness (QED) is 0.0470. The molecule has 14 heteroatoms. The van der Waals surface area contributed by atoms with E-state index in [1.807, 2.05) is 72.8 Å². The van der Waals surface area contributed by atoms with E-state index in [2.05, 4.69) is 19.9 Å². The fraction of sp³-hybridized carbons (Fsp3) is 0.125. The summed E-state index contributed by atoms with van der Waals surface area (Å²) in [5.41, 5.74) is 17.7. The molecule has 0 spiro atoms. The SMILES string of the molecule is Cl.Cl.Cl.Cl.N=C(N)c1ccc2nc(-c3ccc(OCCCCOc4ccc(-c5nc6ccc(C(=N)N)cc6[nH]5)cc4)cc3)[nH]c2c1. The summed E-state index contributed by atoms with van der Waals surface area (Å²) in [5, 5.41) is 15.2. The van der Waals surface area contributed by atoms with Crippen molar-refractivity contribution in [1.82, 2.24) is 19.9 Å². The molecule has 0 aliphatic carbocycles. The van der Waals surface area contributed by atoms with Crippen LogP contribution in [0.3, 0.4) is 0 Å². The second-order valence-corrected chi connectivity index (χ2v) is 9.91. The summed E-state index contributed by atoms with van der Waals surface area (Å²) in [6, 6.07) is 26.6. The number of benzene rings is 4. The molecule has 2 heterocycles. The fourth-order valence-electron chi connectivity index (χ4n) is 4.63. The van der Waals surface area contributed by atoms with Crippen LogP contribution in [-0.4, -0.2) is 44.8 Å². The molecule has 0 aliphatic rings. The number of nitrogen functional groups attached to an aromatic ring is 2. The van der Waals surface area contributed by atoms with Crippen molar-refractivity contribution in [2.75, 3.05) is 13.2 Å². The van der Waals surface area contributed by atoms with Crippen LogP contribution in [0.1, 0.15) is 24.0 Å². The maximum absolute atomic E-state index is 7.61. The van der Waals surface area contributed by atoms with E-state index in [1.54, 1.807) is 12.1 Å². The van der Waals surface area contributed by atoms with Gasteiger partial charge >= 0.3 is 0 Å². The average molecular weight is 704 g/mol. The number of hydrogen-bond donors (Lipinski definition) is 6. The maximum atomic E-state index is 7.61. The summed E-state index contributed by atoms with van der Waals surface area (Å²) in [7, 11) is 0. The van der Waals surface area contributed by atoms with Gasteiger partial charge in [0.05, 0.1) is 35.3 Å². The van der Waals surface area contributed by atoms with Crippen LogP contribution in [0.2, 0.25) is 0 Å². The predicted octanol–water partition coefficient (Wildman–Crippen LogP) is 7.27. The van der Waals surface area contributed by atoms with Crippen LogP contribution >= 0.6 is 49.6 Å². The Hall–Kier alpha value is -4.48. The molecule has 6 aromatic rings. The number of nitrogens with zero attached hydrogens (tertiary/aromatic N) is 2. The number of amidine groups is 2. The number of ether oxygens (including phenoxy) is 2. The van der Waals surface area contributed by atoms with Crippen molar-refractivity contribution in [3.05, 3.63) is 96.1 Å². The van der Waals surface area contributed by atoms with Gasteiger partial charge in [0.25, 0.3) is 0 Å². The van der Waals surface area contributed by atoms with Gasteiger partial charge in [-0.05, 0) is 97.8 Å². The number of H-pyrrole nitrogens is 2. The maximum Gasteiger partial charge on any atom is 0.138 e. The van der Waals surface area contributed by atoms with Gasteiger partial charge in [-0.3, -0.25) is 10.8 Å². The molecule has 0 aliphatic heterocycles. The van der Waals surface area contributed by atoms with Gasteiger partial charge in [0.2, 0.25) is 0 Å². The number of aromatic amines is 2. The van der Waals surface area contributed by atoms with E-state index in [0.29, 0.717) is 24.3 Å². The van der Waals surface area contributed by atoms with Gasteiger partial charge in [-0.25, -0.2) is 9.97 Å². The normalized spacial score (nSPS) is 10.2. The molecule has 0 atom stereocenters. The van der Waals surface area contributed by atoms with Crippen molar-refractivity contribution in [3.63, 3.8) is 0 Å². The molecule has 0 saturated carbocycles. The van der Waals surface area contributed by atoms with E-state index in [9.17, 15) is 0 Å². The van der Waals surface area contributed by atoms with Gasteiger partial charge in [0.1, 0.15) is 34.8 Å². The lowest BCUT2D eigenvalue weighted by atomic mass is 10.2. The fourth-order valence-corrected chi connectivity index (χ4v) is 4.63. The first kappa shape index (κ1) is 37.7. The Labute approximate surface area is 290 Å². The van der Waals surface area contributed by atoms with Crippen molar-refractivity contribution in [1.29, 1.82) is 10.8 Å². The minimum Gasteiger partial charge on any atom is -0.494 e. The summed E-state index contributed by atoms with van der Waals surface area (Å²) in [4.78, 5) is 15.9. The van der Waals surface area contributed by atoms with Gasteiger partial charge in [-0.1, -0.05) is 0 Å². The molecule has 0 amide bonds. The first-order valence-corrected chi connectivity index (χ1v) is 13.6. The molecule has 46 heavy (non-hydrogen) atoms. The molecule has 0 saturated heterocycles. The lowest BCUT2D eigenvalue weighted by molar-refractivity contribution is 0.266. The first-order valence-electron chi connectivity index (χ1n) is 13.6. The third kappa shape index (κ3) is 8.61. The third-order valence-corrected chi connectivity index (χ3v) is 6.92. The topological polar surface area (TPSA) is 176 Å². The highest BCUT2D eigenvalue weighted by atomic mass is 35.5. The molecular formula is C32H34Cl4N8O2. The lowest BCUT2D eigenvalue weighted by Gasteiger charge is -2.08. The van der Waals surface area contributed by atoms with E-state index in [0.717, 1.165) is 69.2 Å². The highest BCUT2D eigenvalue weighted by molar-refractivity contribution is 5.99. The van der Waals surface area contributed by atoms with Crippen molar-refractivity contribution in [2.45, 2.75) is 12.8 Å². The van der Waals surface area contributed by atoms with Crippen molar-refractivity contribution >= 4 is 83.4 Å². The van der Waals surface area contributed by atoms with Crippen molar-refractivity contribution in [3.8, 4) is 34.3 Å². The summed E-state index contributed by atoms with van der Waals surface area (Å²) < 4.78 is 11.8. The number of imidazole rings is 2. The molecule has 0 bridgehead atoms. The van der Waals surface area contributed by atoms with Crippen LogP contribution in [-0.2, 0) is 0 Å². The van der Waals surface area contributed by atoms with Gasteiger partial charge in [0, 0.05) is 22.3 Å². The van der Waals surface area contributed by atoms with Gasteiger partial charge in [-0.15, -0.1) is 49.6 Å². The second kappa shape index (κ2) is 16.7. The Bertz CT molecular complexity index is 1770. The van der Waals surface area contributed by atoms with E-state index in [1.165, 1.54) is 0 Å². The highest BCUT2D eigenvalue weighted by Crippen LogP contribution is 2.25. The molecule has 0 unspecified atom stereocenters. The molecule has 242 valence electrons. The number of halogens is 4. The van der Waals surface area contributed by atoms with Crippen LogP contribution in [0.4, 0.5) is 0 Å². The zero-order chi connectivity index (χ0) is 29.1. The molecule has 6 rings (SSSR count). The third-order valence-electron chi connectivity index (χ3n) is 6.92. The lowest BCUT2D eigenvalue weighted by Crippen LogP contribution is -2.10. The summed E-state index contributed by atoms with van der Waals surface area (Å²) >= 11 is 0. The number of nitrogens with two attached hydrogens (primary N) is 2. The van der Waals surface area contributed by atoms with Gasteiger partial charge in [-0.2, -0.15) is 0 Å². The van der Waals surface area contributed by atoms with Crippen LogP contribution in [0.25, 0.3) is 44.8 Å². The standard InChI is InChI=1S/C32H30N8O2.4ClH/c33-29(34)21-7-13-25-27(17-21)39-31(37-25)19-3-9-23(10-4-19)41-15-1-2-16-42-24-11-5-20(6-12-24)32-38-26-14-8-22(30(35)36)18-28(26)40-32;;;;/h3-14,17-18H,1-2,15-16H2,(H3,33,34)(H3,35,36)(H,37,39)(H,38,40);4*1H. The van der Waals surface area contributed by atoms with Crippen molar-refractivity contribution < 1.29 is 9.47 Å². The molecular weight excluding hydrogens is 670 g/mol. The minimum atomic E-state index is 0. The Morgan fingerprint density at radius 2 is 0.935 bits per heavy atom. The predicted molar refractivity (Wildman–Crippen MR) is 194 cm³/mol. The second-order valence-electron chi connectivity index (χ2n) is 9.91. The molecule has 0 fully saturated rings. The summed E-state index contributed by atoms with van der Waals surface area (Å²) in [5.74, 6) is 3.16. The summed E-state index contributed by atoms with van der Waals surface area (Å²) in [6.45, 7) is 1.19. The van der Waals surface area contributed by atoms with Crippen LogP contribution < -0.4 is 20.9 Å². The molecule has 8 N–H and O–H groups in total. The monoisotopic (exact) mass is 702 g/mol. The molecule has 2 aromatic heterocycles. The molecule has 4 aromatic carbocycles. The average Bonchev–Trinajstić information content (AvgIpc) is 3.63. The summed E-state index contributed by atoms with van der Waals surface area (Å²) in [6.07, 6.45) is 1.73. The molecule has 0 radical (unpaired) electrons. The Morgan fingerprint density at radius 1 is 0.565 bits per heavy atom. The first-order chi connectivity index (χ1) is 20.4. The Balaban J connectivity index is 0.00000184. The smallest absolute Gasteiger partial charge is 0.138 e. The zero-order valence-corrected chi connectivity index (χ0v) is 27.7. The number of unbranched alkanes of at least 4 members (excludes halogenated alkanes) is 1. The highest BCUT2D eigenvalue weighted by Gasteiger charge is 2.09. The van der Waals surface area contributed by atoms with Gasteiger partial charge in [0.15, 0.2) is 0 Å². The van der Waals surface area contributed by atoms with E-state index in [4.69, 9.17) is 31.8 Å². The van der Waals surface area contributed by atoms with E-state index in [-0.39, 0.29) is 61.3 Å². The Kier molecular flexibility index (Phi) is 13.7. The number of rotatable bonds is 11. The number of fused-ring (bicyclic) bond motifs is 2. The van der Waals surface area contributed by atoms with Crippen LogP contribution in [0.15, 0.2) is 84.9 Å². The number of hydrogen-bond acceptors (Lipinski definition) is 6. The number of nitrogens with one attached hydrogen (secondary N) is 4. The largest absolute Gasteiger partial charge is 0.494 e. The minimum absolute atomic E-state index is 0. The Morgan fingerprint density at radius 3 is 1.28 bits per heavy atom. The van der Waals surface area contributed by atoms with Crippen molar-refractivity contribution in [2.24, 2.45) is 11.5 Å². The number of aromatic nitrogens is 4.